The van der Waals surface area contributed by atoms with Gasteiger partial charge in [0, 0.05) is 6.42 Å². The quantitative estimate of drug-likeness (QED) is 0.410. The Morgan fingerprint density at radius 1 is 1.26 bits per heavy atom. The molecule has 0 bridgehead atoms. The lowest BCUT2D eigenvalue weighted by Crippen LogP contribution is -2.29. The number of nitrogens with one attached hydrogen (secondary N) is 1. The van der Waals surface area contributed by atoms with Crippen molar-refractivity contribution in [2.75, 3.05) is 20.1 Å². The van der Waals surface area contributed by atoms with Gasteiger partial charge in [-0.3, -0.25) is 10.0 Å². The van der Waals surface area contributed by atoms with Crippen LogP contribution in [0, 0.1) is 0 Å². The molecular weight excluding hydrogens is 292 g/mol. The summed E-state index contributed by atoms with van der Waals surface area (Å²) in [7, 11) is 2.17. The first kappa shape index (κ1) is 17.9. The minimum atomic E-state index is -0.487. The van der Waals surface area contributed by atoms with Gasteiger partial charge in [-0.1, -0.05) is 30.7 Å². The zero-order chi connectivity index (χ0) is 16.7. The predicted octanol–water partition coefficient (Wildman–Crippen LogP) is 2.60. The Bertz CT molecular complexity index is 482. The van der Waals surface area contributed by atoms with Crippen molar-refractivity contribution in [3.05, 3.63) is 35.4 Å². The molecule has 1 heterocycles. The number of nitrogens with zero attached hydrogens (tertiary/aromatic N) is 1. The topological polar surface area (TPSA) is 72.8 Å². The number of aliphatic hydroxyl groups is 1. The van der Waals surface area contributed by atoms with E-state index in [0.29, 0.717) is 18.8 Å². The Kier molecular flexibility index (Phi) is 7.02. The molecule has 5 heteroatoms. The summed E-state index contributed by atoms with van der Waals surface area (Å²) in [6, 6.07) is 8.35. The van der Waals surface area contributed by atoms with E-state index in [2.05, 4.69) is 24.1 Å². The van der Waals surface area contributed by atoms with E-state index in [-0.39, 0.29) is 12.3 Å². The predicted molar refractivity (Wildman–Crippen MR) is 89.3 cm³/mol. The second-order valence-corrected chi connectivity index (χ2v) is 6.54. The fourth-order valence-electron chi connectivity index (χ4n) is 3.18. The first-order valence-electron chi connectivity index (χ1n) is 8.49. The van der Waals surface area contributed by atoms with Crippen LogP contribution in [-0.2, 0) is 4.79 Å². The van der Waals surface area contributed by atoms with Gasteiger partial charge in [0.1, 0.15) is 0 Å². The smallest absolute Gasteiger partial charge is 0.243 e. The molecule has 1 fully saturated rings. The van der Waals surface area contributed by atoms with E-state index in [1.54, 1.807) is 5.48 Å². The van der Waals surface area contributed by atoms with Crippen LogP contribution >= 0.6 is 0 Å². The van der Waals surface area contributed by atoms with Gasteiger partial charge >= 0.3 is 0 Å². The van der Waals surface area contributed by atoms with E-state index >= 15 is 0 Å². The molecule has 0 aliphatic carbocycles. The maximum atomic E-state index is 10.9. The molecule has 5 nitrogen and oxygen atoms in total. The van der Waals surface area contributed by atoms with Crippen LogP contribution in [0.25, 0.3) is 0 Å². The minimum absolute atomic E-state index is 0.290. The number of hydroxylamine groups is 1. The normalized spacial score (nSPS) is 17.9. The lowest BCUT2D eigenvalue weighted by Gasteiger charge is -2.29. The molecule has 1 aromatic carbocycles. The molecule has 1 aliphatic heterocycles. The highest BCUT2D eigenvalue weighted by atomic mass is 16.5. The Hall–Kier alpha value is -1.43. The SMILES string of the molecule is CN1CCC(c2ccc([C@H](O)CCCCC(=O)NO)cc2)CC1. The molecule has 1 aliphatic rings. The van der Waals surface area contributed by atoms with Gasteiger partial charge in [0.25, 0.3) is 0 Å². The van der Waals surface area contributed by atoms with Crippen LogP contribution in [0.1, 0.15) is 61.7 Å². The summed E-state index contributed by atoms with van der Waals surface area (Å²) in [5.74, 6) is 0.261. The first-order chi connectivity index (χ1) is 11.1. The number of carbonyl (C=O) groups is 1. The van der Waals surface area contributed by atoms with Gasteiger partial charge in [0.05, 0.1) is 6.10 Å². The van der Waals surface area contributed by atoms with E-state index in [1.165, 1.54) is 18.4 Å². The molecule has 0 saturated carbocycles. The Labute approximate surface area is 138 Å². The van der Waals surface area contributed by atoms with Gasteiger partial charge in [0.2, 0.25) is 5.91 Å². The number of aliphatic hydroxyl groups excluding tert-OH is 1. The summed E-state index contributed by atoms with van der Waals surface area (Å²) in [5.41, 5.74) is 3.93. The molecular formula is C18H28N2O3. The molecule has 0 spiro atoms. The molecule has 1 amide bonds. The molecule has 0 radical (unpaired) electrons. The number of hydrogen-bond donors (Lipinski definition) is 3. The van der Waals surface area contributed by atoms with Gasteiger partial charge in [-0.25, -0.2) is 5.48 Å². The van der Waals surface area contributed by atoms with E-state index in [0.717, 1.165) is 25.1 Å². The van der Waals surface area contributed by atoms with E-state index in [1.807, 2.05) is 12.1 Å². The molecule has 23 heavy (non-hydrogen) atoms. The molecule has 3 N–H and O–H groups in total. The number of likely N-dealkylation sites (tertiary alicyclic amines) is 1. The van der Waals surface area contributed by atoms with Crippen molar-refractivity contribution in [1.29, 1.82) is 0 Å². The number of piperidine rings is 1. The van der Waals surface area contributed by atoms with Crippen LogP contribution in [-0.4, -0.2) is 41.3 Å². The second-order valence-electron chi connectivity index (χ2n) is 6.54. The van der Waals surface area contributed by atoms with Crippen LogP contribution in [0.2, 0.25) is 0 Å². The van der Waals surface area contributed by atoms with E-state index in [9.17, 15) is 9.90 Å². The zero-order valence-corrected chi connectivity index (χ0v) is 13.9. The van der Waals surface area contributed by atoms with Crippen LogP contribution in [0.4, 0.5) is 0 Å². The minimum Gasteiger partial charge on any atom is -0.388 e. The lowest BCUT2D eigenvalue weighted by molar-refractivity contribution is -0.129. The van der Waals surface area contributed by atoms with Crippen LogP contribution in [0.3, 0.4) is 0 Å². The highest BCUT2D eigenvalue weighted by molar-refractivity contribution is 5.74. The van der Waals surface area contributed by atoms with Crippen molar-refractivity contribution in [1.82, 2.24) is 10.4 Å². The highest BCUT2D eigenvalue weighted by Gasteiger charge is 2.18. The van der Waals surface area contributed by atoms with Crippen LogP contribution in [0.15, 0.2) is 24.3 Å². The van der Waals surface area contributed by atoms with Crippen molar-refractivity contribution in [3.8, 4) is 0 Å². The number of carbonyl (C=O) groups excluding carboxylic acids is 1. The van der Waals surface area contributed by atoms with Crippen molar-refractivity contribution >= 4 is 5.91 Å². The number of unbranched alkanes of at least 4 members (excludes halogenated alkanes) is 1. The maximum absolute atomic E-state index is 10.9. The van der Waals surface area contributed by atoms with Gasteiger partial charge in [-0.05, 0) is 62.9 Å². The maximum Gasteiger partial charge on any atom is 0.243 e. The number of hydrogen-bond acceptors (Lipinski definition) is 4. The van der Waals surface area contributed by atoms with Gasteiger partial charge in [-0.2, -0.15) is 0 Å². The first-order valence-corrected chi connectivity index (χ1v) is 8.49. The largest absolute Gasteiger partial charge is 0.388 e. The second kappa shape index (κ2) is 9.01. The van der Waals surface area contributed by atoms with Crippen molar-refractivity contribution in [3.63, 3.8) is 0 Å². The molecule has 0 unspecified atom stereocenters. The lowest BCUT2D eigenvalue weighted by atomic mass is 9.88. The third-order valence-corrected chi connectivity index (χ3v) is 4.77. The summed E-state index contributed by atoms with van der Waals surface area (Å²) in [6.07, 6.45) is 4.25. The summed E-state index contributed by atoms with van der Waals surface area (Å²) < 4.78 is 0. The average molecular weight is 320 g/mol. The third-order valence-electron chi connectivity index (χ3n) is 4.77. The molecule has 0 aromatic heterocycles. The van der Waals surface area contributed by atoms with Gasteiger partial charge < -0.3 is 10.0 Å². The summed E-state index contributed by atoms with van der Waals surface area (Å²) in [5, 5.41) is 18.6. The van der Waals surface area contributed by atoms with Crippen LogP contribution in [0.5, 0.6) is 0 Å². The molecule has 1 atom stereocenters. The summed E-state index contributed by atoms with van der Waals surface area (Å²) >= 11 is 0. The molecule has 1 aromatic rings. The number of amides is 1. The molecule has 2 rings (SSSR count). The van der Waals surface area contributed by atoms with Gasteiger partial charge in [-0.15, -0.1) is 0 Å². The Balaban J connectivity index is 1.78. The third kappa shape index (κ3) is 5.61. The van der Waals surface area contributed by atoms with Crippen molar-refractivity contribution in [2.24, 2.45) is 0 Å². The Morgan fingerprint density at radius 2 is 1.91 bits per heavy atom. The van der Waals surface area contributed by atoms with Crippen LogP contribution < -0.4 is 5.48 Å². The van der Waals surface area contributed by atoms with Crippen molar-refractivity contribution in [2.45, 2.75) is 50.5 Å². The molecule has 128 valence electrons. The average Bonchev–Trinajstić information content (AvgIpc) is 2.59. The highest BCUT2D eigenvalue weighted by Crippen LogP contribution is 2.29. The number of rotatable bonds is 7. The van der Waals surface area contributed by atoms with Gasteiger partial charge in [0.15, 0.2) is 0 Å². The molecule has 1 saturated heterocycles. The van der Waals surface area contributed by atoms with E-state index in [4.69, 9.17) is 5.21 Å². The fourth-order valence-corrected chi connectivity index (χ4v) is 3.18. The fraction of sp³-hybridized carbons (Fsp3) is 0.611. The summed E-state index contributed by atoms with van der Waals surface area (Å²) in [6.45, 7) is 2.30. The standard InChI is InChI=1S/C18H28N2O3/c1-20-12-10-15(11-13-20)14-6-8-16(9-7-14)17(21)4-2-3-5-18(22)19-23/h6-9,15,17,21,23H,2-5,10-13H2,1H3,(H,19,22)/t17-/m1/s1. The monoisotopic (exact) mass is 320 g/mol. The van der Waals surface area contributed by atoms with E-state index < -0.39 is 6.10 Å². The zero-order valence-electron chi connectivity index (χ0n) is 13.9. The Morgan fingerprint density at radius 3 is 2.52 bits per heavy atom. The van der Waals surface area contributed by atoms with Crippen molar-refractivity contribution < 1.29 is 15.1 Å². The number of benzene rings is 1. The summed E-state index contributed by atoms with van der Waals surface area (Å²) in [4.78, 5) is 13.3.